The van der Waals surface area contributed by atoms with Crippen LogP contribution in [0.25, 0.3) is 0 Å². The summed E-state index contributed by atoms with van der Waals surface area (Å²) in [5, 5.41) is 2.97. The first-order valence-electron chi connectivity index (χ1n) is 6.72. The minimum Gasteiger partial charge on any atom is -0.319 e. The topological polar surface area (TPSA) is 49.4 Å². The summed E-state index contributed by atoms with van der Waals surface area (Å²) in [5.74, 6) is 0.159. The molecule has 2 rings (SSSR count). The molecule has 1 N–H and O–H groups in total. The van der Waals surface area contributed by atoms with Crippen LogP contribution in [0, 0.1) is 0 Å². The molecule has 1 aromatic rings. The molecular formula is C15H20N2O2. The standard InChI is InChI=1S/C15H20N2O2/c1-11(18)17-9-3-4-12-5-6-13(10-14(12)17)15(19)7-8-16-2/h5-6,10,16H,3-4,7-9H2,1-2H3. The molecule has 0 atom stereocenters. The molecule has 19 heavy (non-hydrogen) atoms. The smallest absolute Gasteiger partial charge is 0.223 e. The van der Waals surface area contributed by atoms with Crippen molar-refractivity contribution in [1.82, 2.24) is 5.32 Å². The molecule has 4 heteroatoms. The van der Waals surface area contributed by atoms with Gasteiger partial charge in [0, 0.05) is 37.7 Å². The number of aryl methyl sites for hydroxylation is 1. The van der Waals surface area contributed by atoms with Gasteiger partial charge in [0.15, 0.2) is 5.78 Å². The average molecular weight is 260 g/mol. The van der Waals surface area contributed by atoms with E-state index in [0.717, 1.165) is 30.6 Å². The molecule has 0 saturated heterocycles. The van der Waals surface area contributed by atoms with Gasteiger partial charge in [0.2, 0.25) is 5.91 Å². The van der Waals surface area contributed by atoms with Gasteiger partial charge in [0.25, 0.3) is 0 Å². The highest BCUT2D eigenvalue weighted by Gasteiger charge is 2.21. The molecule has 102 valence electrons. The number of Topliss-reactive ketones (excluding diaryl/α,β-unsaturated/α-hetero) is 1. The summed E-state index contributed by atoms with van der Waals surface area (Å²) in [5.41, 5.74) is 2.77. The van der Waals surface area contributed by atoms with E-state index >= 15 is 0 Å². The van der Waals surface area contributed by atoms with Crippen molar-refractivity contribution in [3.8, 4) is 0 Å². The quantitative estimate of drug-likeness (QED) is 0.839. The van der Waals surface area contributed by atoms with Gasteiger partial charge in [-0.05, 0) is 31.5 Å². The van der Waals surface area contributed by atoms with E-state index in [1.807, 2.05) is 25.2 Å². The zero-order valence-corrected chi connectivity index (χ0v) is 11.5. The molecular weight excluding hydrogens is 240 g/mol. The van der Waals surface area contributed by atoms with Gasteiger partial charge in [-0.2, -0.15) is 0 Å². The van der Waals surface area contributed by atoms with Crippen molar-refractivity contribution in [3.63, 3.8) is 0 Å². The Morgan fingerprint density at radius 3 is 2.84 bits per heavy atom. The van der Waals surface area contributed by atoms with Gasteiger partial charge < -0.3 is 10.2 Å². The molecule has 1 aliphatic rings. The van der Waals surface area contributed by atoms with Crippen molar-refractivity contribution in [1.29, 1.82) is 0 Å². The van der Waals surface area contributed by atoms with Gasteiger partial charge in [-0.1, -0.05) is 12.1 Å². The molecule has 0 aromatic heterocycles. The number of carbonyl (C=O) groups is 2. The summed E-state index contributed by atoms with van der Waals surface area (Å²) in [7, 11) is 1.83. The number of rotatable bonds is 4. The molecule has 4 nitrogen and oxygen atoms in total. The summed E-state index contributed by atoms with van der Waals surface area (Å²) in [4.78, 5) is 25.4. The summed E-state index contributed by atoms with van der Waals surface area (Å²) in [6.07, 6.45) is 2.44. The molecule has 0 fully saturated rings. The fourth-order valence-corrected chi connectivity index (χ4v) is 2.46. The molecule has 1 aliphatic heterocycles. The molecule has 1 aromatic carbocycles. The predicted molar refractivity (Wildman–Crippen MR) is 75.7 cm³/mol. The number of hydrogen-bond donors (Lipinski definition) is 1. The third kappa shape index (κ3) is 3.01. The highest BCUT2D eigenvalue weighted by Crippen LogP contribution is 2.28. The van der Waals surface area contributed by atoms with Crippen LogP contribution in [0.1, 0.15) is 35.7 Å². The lowest BCUT2D eigenvalue weighted by Gasteiger charge is -2.29. The van der Waals surface area contributed by atoms with E-state index < -0.39 is 0 Å². The molecule has 0 unspecified atom stereocenters. The lowest BCUT2D eigenvalue weighted by molar-refractivity contribution is -0.116. The third-order valence-electron chi connectivity index (χ3n) is 3.51. The van der Waals surface area contributed by atoms with Crippen LogP contribution in [0.3, 0.4) is 0 Å². The van der Waals surface area contributed by atoms with Crippen molar-refractivity contribution in [2.24, 2.45) is 0 Å². The van der Waals surface area contributed by atoms with E-state index in [1.54, 1.807) is 11.8 Å². The fraction of sp³-hybridized carbons (Fsp3) is 0.467. The van der Waals surface area contributed by atoms with Crippen molar-refractivity contribution in [2.75, 3.05) is 25.0 Å². The number of nitrogens with one attached hydrogen (secondary N) is 1. The number of amides is 1. The second-order valence-electron chi connectivity index (χ2n) is 4.89. The summed E-state index contributed by atoms with van der Waals surface area (Å²) in [6.45, 7) is 2.99. The number of nitrogens with zero attached hydrogens (tertiary/aromatic N) is 1. The van der Waals surface area contributed by atoms with Gasteiger partial charge >= 0.3 is 0 Å². The van der Waals surface area contributed by atoms with Crippen LogP contribution in [0.5, 0.6) is 0 Å². The lowest BCUT2D eigenvalue weighted by Crippen LogP contribution is -2.33. The second-order valence-corrected chi connectivity index (χ2v) is 4.89. The maximum atomic E-state index is 12.0. The minimum absolute atomic E-state index is 0.0424. The maximum absolute atomic E-state index is 12.0. The molecule has 0 radical (unpaired) electrons. The summed E-state index contributed by atoms with van der Waals surface area (Å²) >= 11 is 0. The van der Waals surface area contributed by atoms with E-state index in [4.69, 9.17) is 0 Å². The Labute approximate surface area is 113 Å². The van der Waals surface area contributed by atoms with E-state index in [-0.39, 0.29) is 11.7 Å². The van der Waals surface area contributed by atoms with E-state index in [2.05, 4.69) is 5.32 Å². The van der Waals surface area contributed by atoms with E-state index in [0.29, 0.717) is 18.5 Å². The first-order chi connectivity index (χ1) is 9.13. The maximum Gasteiger partial charge on any atom is 0.223 e. The first kappa shape index (κ1) is 13.7. The van der Waals surface area contributed by atoms with Gasteiger partial charge in [-0.15, -0.1) is 0 Å². The Kier molecular flexibility index (Phi) is 4.32. The van der Waals surface area contributed by atoms with E-state index in [1.165, 1.54) is 0 Å². The number of anilines is 1. The monoisotopic (exact) mass is 260 g/mol. The zero-order chi connectivity index (χ0) is 13.8. The van der Waals surface area contributed by atoms with Crippen LogP contribution in [-0.2, 0) is 11.2 Å². The van der Waals surface area contributed by atoms with Crippen molar-refractivity contribution < 1.29 is 9.59 Å². The molecule has 0 spiro atoms. The Morgan fingerprint density at radius 1 is 1.37 bits per heavy atom. The lowest BCUT2D eigenvalue weighted by atomic mass is 9.97. The first-order valence-corrected chi connectivity index (χ1v) is 6.72. The zero-order valence-electron chi connectivity index (χ0n) is 11.5. The SMILES string of the molecule is CNCCC(=O)c1ccc2c(c1)N(C(C)=O)CCC2. The van der Waals surface area contributed by atoms with Crippen LogP contribution < -0.4 is 10.2 Å². The Morgan fingerprint density at radius 2 is 2.16 bits per heavy atom. The highest BCUT2D eigenvalue weighted by molar-refractivity contribution is 5.99. The molecule has 1 heterocycles. The second kappa shape index (κ2) is 5.97. The fourth-order valence-electron chi connectivity index (χ4n) is 2.46. The van der Waals surface area contributed by atoms with Crippen LogP contribution in [-0.4, -0.2) is 31.8 Å². The minimum atomic E-state index is 0.0424. The van der Waals surface area contributed by atoms with Crippen LogP contribution in [0.15, 0.2) is 18.2 Å². The summed E-state index contributed by atoms with van der Waals surface area (Å²) < 4.78 is 0. The molecule has 0 aliphatic carbocycles. The average Bonchev–Trinajstić information content (AvgIpc) is 2.43. The Balaban J connectivity index is 2.28. The normalized spacial score (nSPS) is 14.1. The summed E-state index contributed by atoms with van der Waals surface area (Å²) in [6, 6.07) is 5.73. The van der Waals surface area contributed by atoms with Gasteiger partial charge in [0.05, 0.1) is 0 Å². The van der Waals surface area contributed by atoms with Gasteiger partial charge in [0.1, 0.15) is 0 Å². The Hall–Kier alpha value is -1.68. The van der Waals surface area contributed by atoms with E-state index in [9.17, 15) is 9.59 Å². The number of hydrogen-bond acceptors (Lipinski definition) is 3. The molecule has 0 bridgehead atoms. The van der Waals surface area contributed by atoms with Crippen LogP contribution >= 0.6 is 0 Å². The van der Waals surface area contributed by atoms with Crippen molar-refractivity contribution in [2.45, 2.75) is 26.2 Å². The van der Waals surface area contributed by atoms with Gasteiger partial charge in [-0.3, -0.25) is 9.59 Å². The molecule has 0 saturated carbocycles. The molecule has 1 amide bonds. The number of carbonyl (C=O) groups excluding carboxylic acids is 2. The van der Waals surface area contributed by atoms with Crippen LogP contribution in [0.2, 0.25) is 0 Å². The van der Waals surface area contributed by atoms with Gasteiger partial charge in [-0.25, -0.2) is 0 Å². The number of benzene rings is 1. The number of fused-ring (bicyclic) bond motifs is 1. The largest absolute Gasteiger partial charge is 0.319 e. The number of ketones is 1. The van der Waals surface area contributed by atoms with Crippen molar-refractivity contribution >= 4 is 17.4 Å². The third-order valence-corrected chi connectivity index (χ3v) is 3.51. The van der Waals surface area contributed by atoms with Crippen molar-refractivity contribution in [3.05, 3.63) is 29.3 Å². The highest BCUT2D eigenvalue weighted by atomic mass is 16.2. The predicted octanol–water partition coefficient (Wildman–Crippen LogP) is 1.78. The van der Waals surface area contributed by atoms with Crippen LogP contribution in [0.4, 0.5) is 5.69 Å². The Bertz CT molecular complexity index is 497.